The number of hydrogen-bond acceptors (Lipinski definition) is 4. The Hall–Kier alpha value is -2.63. The van der Waals surface area contributed by atoms with Crippen molar-refractivity contribution in [2.75, 3.05) is 21.2 Å². The molecule has 1 amide bonds. The van der Waals surface area contributed by atoms with Crippen LogP contribution in [0.3, 0.4) is 0 Å². The van der Waals surface area contributed by atoms with Crippen LogP contribution in [-0.2, 0) is 4.74 Å². The topological polar surface area (TPSA) is 64.4 Å². The second-order valence-corrected chi connectivity index (χ2v) is 4.35. The molecule has 104 valence electrons. The minimum atomic E-state index is -0.576. The Morgan fingerprint density at radius 3 is 2.40 bits per heavy atom. The van der Waals surface area contributed by atoms with E-state index < -0.39 is 5.97 Å². The minimum absolute atomic E-state index is 0.0987. The molecule has 1 aromatic carbocycles. The van der Waals surface area contributed by atoms with Crippen LogP contribution in [0.2, 0.25) is 0 Å². The van der Waals surface area contributed by atoms with E-state index in [0.717, 1.165) is 0 Å². The molecule has 0 aliphatic rings. The normalized spacial score (nSPS) is 10.2. The molecule has 0 aliphatic carbocycles. The Morgan fingerprint density at radius 1 is 1.20 bits per heavy atom. The SMILES string of the molecule is COC(=O)c1cc(C(=O)N(C)C)n(-c2ccccc2)n1. The molecule has 6 nitrogen and oxygen atoms in total. The zero-order valence-corrected chi connectivity index (χ0v) is 11.5. The number of rotatable bonds is 3. The highest BCUT2D eigenvalue weighted by molar-refractivity contribution is 5.96. The molecule has 0 fully saturated rings. The summed E-state index contributed by atoms with van der Waals surface area (Å²) < 4.78 is 6.08. The van der Waals surface area contributed by atoms with Crippen molar-refractivity contribution >= 4 is 11.9 Å². The molecule has 2 rings (SSSR count). The molecule has 1 heterocycles. The van der Waals surface area contributed by atoms with Gasteiger partial charge in [-0.3, -0.25) is 4.79 Å². The largest absolute Gasteiger partial charge is 0.464 e. The standard InChI is InChI=1S/C14H15N3O3/c1-16(2)13(18)12-9-11(14(19)20-3)15-17(12)10-7-5-4-6-8-10/h4-9H,1-3H3. The van der Waals surface area contributed by atoms with Crippen LogP contribution >= 0.6 is 0 Å². The average Bonchev–Trinajstić information content (AvgIpc) is 2.91. The van der Waals surface area contributed by atoms with E-state index >= 15 is 0 Å². The molecule has 0 saturated heterocycles. The molecule has 0 atom stereocenters. The lowest BCUT2D eigenvalue weighted by Crippen LogP contribution is -2.24. The maximum Gasteiger partial charge on any atom is 0.358 e. The van der Waals surface area contributed by atoms with E-state index in [1.807, 2.05) is 18.2 Å². The molecule has 6 heteroatoms. The highest BCUT2D eigenvalue weighted by Gasteiger charge is 2.21. The van der Waals surface area contributed by atoms with Gasteiger partial charge in [-0.1, -0.05) is 18.2 Å². The summed E-state index contributed by atoms with van der Waals surface area (Å²) in [6.45, 7) is 0. The van der Waals surface area contributed by atoms with Gasteiger partial charge in [-0.2, -0.15) is 5.10 Å². The second-order valence-electron chi connectivity index (χ2n) is 4.35. The summed E-state index contributed by atoms with van der Waals surface area (Å²) in [5.41, 5.74) is 1.11. The first-order valence-electron chi connectivity index (χ1n) is 6.00. The van der Waals surface area contributed by atoms with E-state index in [0.29, 0.717) is 11.4 Å². The highest BCUT2D eigenvalue weighted by Crippen LogP contribution is 2.14. The van der Waals surface area contributed by atoms with Gasteiger partial charge >= 0.3 is 5.97 Å². The van der Waals surface area contributed by atoms with Gasteiger partial charge < -0.3 is 9.64 Å². The minimum Gasteiger partial charge on any atom is -0.464 e. The highest BCUT2D eigenvalue weighted by atomic mass is 16.5. The quantitative estimate of drug-likeness (QED) is 0.792. The Bertz CT molecular complexity index is 632. The molecular weight excluding hydrogens is 258 g/mol. The summed E-state index contributed by atoms with van der Waals surface area (Å²) in [7, 11) is 4.56. The zero-order chi connectivity index (χ0) is 14.7. The van der Waals surface area contributed by atoms with Crippen LogP contribution in [0.1, 0.15) is 21.0 Å². The van der Waals surface area contributed by atoms with E-state index in [2.05, 4.69) is 9.84 Å². The van der Waals surface area contributed by atoms with Gasteiger partial charge in [0.15, 0.2) is 5.69 Å². The van der Waals surface area contributed by atoms with Crippen molar-refractivity contribution in [2.24, 2.45) is 0 Å². The van der Waals surface area contributed by atoms with Crippen molar-refractivity contribution in [1.82, 2.24) is 14.7 Å². The number of benzene rings is 1. The first-order chi connectivity index (χ1) is 9.54. The Kier molecular flexibility index (Phi) is 3.84. The van der Waals surface area contributed by atoms with Crippen molar-refractivity contribution in [3.05, 3.63) is 47.8 Å². The lowest BCUT2D eigenvalue weighted by atomic mass is 10.3. The second kappa shape index (κ2) is 5.56. The van der Waals surface area contributed by atoms with Crippen LogP contribution in [-0.4, -0.2) is 47.8 Å². The van der Waals surface area contributed by atoms with Crippen molar-refractivity contribution in [2.45, 2.75) is 0 Å². The third kappa shape index (κ3) is 2.54. The number of methoxy groups -OCH3 is 1. The van der Waals surface area contributed by atoms with Crippen LogP contribution in [0, 0.1) is 0 Å². The summed E-state index contributed by atoms with van der Waals surface area (Å²) >= 11 is 0. The molecule has 1 aromatic heterocycles. The van der Waals surface area contributed by atoms with Crippen molar-refractivity contribution < 1.29 is 14.3 Å². The van der Waals surface area contributed by atoms with Crippen LogP contribution in [0.4, 0.5) is 0 Å². The first kappa shape index (κ1) is 13.8. The lowest BCUT2D eigenvalue weighted by molar-refractivity contribution is 0.0593. The van der Waals surface area contributed by atoms with Gasteiger partial charge in [-0.15, -0.1) is 0 Å². The fourth-order valence-electron chi connectivity index (χ4n) is 1.73. The molecule has 0 bridgehead atoms. The van der Waals surface area contributed by atoms with Gasteiger partial charge in [0.05, 0.1) is 12.8 Å². The monoisotopic (exact) mass is 273 g/mol. The molecule has 0 unspecified atom stereocenters. The summed E-state index contributed by atoms with van der Waals surface area (Å²) in [6, 6.07) is 10.6. The summed E-state index contributed by atoms with van der Waals surface area (Å²) in [5.74, 6) is -0.816. The number of para-hydroxylation sites is 1. The van der Waals surface area contributed by atoms with Gasteiger partial charge in [0.1, 0.15) is 5.69 Å². The van der Waals surface area contributed by atoms with Crippen LogP contribution < -0.4 is 0 Å². The maximum atomic E-state index is 12.2. The summed E-state index contributed by atoms with van der Waals surface area (Å²) in [4.78, 5) is 25.2. The molecule has 2 aromatic rings. The lowest BCUT2D eigenvalue weighted by Gasteiger charge is -2.11. The molecule has 20 heavy (non-hydrogen) atoms. The maximum absolute atomic E-state index is 12.2. The van der Waals surface area contributed by atoms with Gasteiger partial charge in [-0.05, 0) is 12.1 Å². The number of ether oxygens (including phenoxy) is 1. The smallest absolute Gasteiger partial charge is 0.358 e. The number of nitrogens with zero attached hydrogens (tertiary/aromatic N) is 3. The van der Waals surface area contributed by atoms with Crippen molar-refractivity contribution in [3.8, 4) is 5.69 Å². The summed E-state index contributed by atoms with van der Waals surface area (Å²) in [5, 5.41) is 4.15. The molecule has 0 saturated carbocycles. The number of aromatic nitrogens is 2. The van der Waals surface area contributed by atoms with Crippen molar-refractivity contribution in [3.63, 3.8) is 0 Å². The molecule has 0 spiro atoms. The Labute approximate surface area is 116 Å². The van der Waals surface area contributed by atoms with Crippen molar-refractivity contribution in [1.29, 1.82) is 0 Å². The Morgan fingerprint density at radius 2 is 1.85 bits per heavy atom. The average molecular weight is 273 g/mol. The van der Waals surface area contributed by atoms with Crippen LogP contribution in [0.25, 0.3) is 5.69 Å². The number of carbonyl (C=O) groups is 2. The predicted molar refractivity (Wildman–Crippen MR) is 72.9 cm³/mol. The van der Waals surface area contributed by atoms with Gasteiger partial charge in [0, 0.05) is 20.2 Å². The third-order valence-corrected chi connectivity index (χ3v) is 2.73. The molecule has 0 aliphatic heterocycles. The fourth-order valence-corrected chi connectivity index (χ4v) is 1.73. The third-order valence-electron chi connectivity index (χ3n) is 2.73. The molecule has 0 N–H and O–H groups in total. The number of carbonyl (C=O) groups excluding carboxylic acids is 2. The van der Waals surface area contributed by atoms with E-state index in [-0.39, 0.29) is 11.6 Å². The fraction of sp³-hybridized carbons (Fsp3) is 0.214. The zero-order valence-electron chi connectivity index (χ0n) is 11.5. The molecular formula is C14H15N3O3. The van der Waals surface area contributed by atoms with E-state index in [1.54, 1.807) is 26.2 Å². The number of hydrogen-bond donors (Lipinski definition) is 0. The first-order valence-corrected chi connectivity index (χ1v) is 6.00. The van der Waals surface area contributed by atoms with Gasteiger partial charge in [0.25, 0.3) is 5.91 Å². The Balaban J connectivity index is 2.56. The van der Waals surface area contributed by atoms with Gasteiger partial charge in [-0.25, -0.2) is 9.48 Å². The van der Waals surface area contributed by atoms with E-state index in [9.17, 15) is 9.59 Å². The van der Waals surface area contributed by atoms with Crippen LogP contribution in [0.5, 0.6) is 0 Å². The van der Waals surface area contributed by atoms with E-state index in [4.69, 9.17) is 0 Å². The number of amides is 1. The summed E-state index contributed by atoms with van der Waals surface area (Å²) in [6.07, 6.45) is 0. The van der Waals surface area contributed by atoms with Crippen LogP contribution in [0.15, 0.2) is 36.4 Å². The van der Waals surface area contributed by atoms with E-state index in [1.165, 1.54) is 22.8 Å². The van der Waals surface area contributed by atoms with Gasteiger partial charge in [0.2, 0.25) is 0 Å². The molecule has 0 radical (unpaired) electrons. The predicted octanol–water partition coefficient (Wildman–Crippen LogP) is 1.36. The number of esters is 1.